The van der Waals surface area contributed by atoms with E-state index < -0.39 is 27.4 Å². The molecule has 0 rings (SSSR count). The summed E-state index contributed by atoms with van der Waals surface area (Å²) in [5, 5.41) is 31.1. The summed E-state index contributed by atoms with van der Waals surface area (Å²) in [7, 11) is 0. The number of carboxylic acid groups (broad SMARTS) is 3. The van der Waals surface area contributed by atoms with Crippen molar-refractivity contribution >= 4 is 98.1 Å². The molecule has 0 aromatic heterocycles. The van der Waals surface area contributed by atoms with Gasteiger partial charge in [0.05, 0.1) is 21.4 Å². The summed E-state index contributed by atoms with van der Waals surface area (Å²) in [6, 6.07) is 0. The molecule has 2 unspecified atom stereocenters. The molecule has 2 atom stereocenters. The summed E-state index contributed by atoms with van der Waals surface area (Å²) in [5.74, 6) is -2.73. The fourth-order valence-corrected chi connectivity index (χ4v) is 13.6. The quantitative estimate of drug-likeness (QED) is 0.0351. The summed E-state index contributed by atoms with van der Waals surface area (Å²) in [6.07, 6.45) is 28.1. The van der Waals surface area contributed by atoms with Gasteiger partial charge in [0.1, 0.15) is 0 Å². The van der Waals surface area contributed by atoms with E-state index in [4.69, 9.17) is 0 Å². The molecule has 0 fully saturated rings. The smallest absolute Gasteiger partial charge is 0.0422 e. The van der Waals surface area contributed by atoms with Crippen LogP contribution in [0.2, 0.25) is 17.7 Å². The van der Waals surface area contributed by atoms with Gasteiger partial charge < -0.3 is 29.7 Å². The van der Waals surface area contributed by atoms with E-state index in [1.807, 2.05) is 13.8 Å². The summed E-state index contributed by atoms with van der Waals surface area (Å²) in [5.41, 5.74) is 0. The van der Waals surface area contributed by atoms with Crippen molar-refractivity contribution in [2.45, 2.75) is 243 Å². The summed E-state index contributed by atoms with van der Waals surface area (Å²) >= 11 is 12.3. The predicted molar refractivity (Wildman–Crippen MR) is 244 cm³/mol. The molecule has 0 aliphatic carbocycles. The zero-order valence-electron chi connectivity index (χ0n) is 36.5. The average Bonchev–Trinajstić information content (AvgIpc) is 3.15. The van der Waals surface area contributed by atoms with Gasteiger partial charge in [0.25, 0.3) is 0 Å². The third-order valence-electron chi connectivity index (χ3n) is 8.96. The second-order valence-electron chi connectivity index (χ2n) is 14.1. The number of carbonyl (C=O) groups excluding carboxylic acids is 3. The standard InChI is InChI=1S/2C12H24O2S.4C4H9.C3H6O2S.2Sn/c2*1-3-5-6-7-8-9-10-12(15,4-2)11(13)14;4*1-3-4-2;4-3(5)1-2-6;;/h2*15H,3-10H2,1-2H3,(H,13,14);4*1,3-4H2,2H3;6H,1-2H2,(H,4,5);;/q;;;;;;;2*+2/p-3. The van der Waals surface area contributed by atoms with Crippen LogP contribution in [0.15, 0.2) is 0 Å². The van der Waals surface area contributed by atoms with Gasteiger partial charge in [0.15, 0.2) is 0 Å². The van der Waals surface area contributed by atoms with Crippen LogP contribution in [0.1, 0.15) is 216 Å². The van der Waals surface area contributed by atoms with Gasteiger partial charge in [-0.2, -0.15) is 37.9 Å². The number of aliphatic carboxylic acids is 3. The molecule has 0 heterocycles. The van der Waals surface area contributed by atoms with Gasteiger partial charge >= 0.3 is 139 Å². The maximum absolute atomic E-state index is 10.8. The van der Waals surface area contributed by atoms with Crippen LogP contribution in [-0.2, 0) is 14.4 Å². The Morgan fingerprint density at radius 1 is 0.444 bits per heavy atom. The first-order valence-electron chi connectivity index (χ1n) is 21.8. The van der Waals surface area contributed by atoms with E-state index in [-0.39, 0.29) is 48.7 Å². The number of unbranched alkanes of at least 4 members (excludes halogenated alkanes) is 14. The van der Waals surface area contributed by atoms with E-state index in [0.29, 0.717) is 31.4 Å². The molecule has 0 N–H and O–H groups in total. The second kappa shape index (κ2) is 52.1. The summed E-state index contributed by atoms with van der Waals surface area (Å²) in [4.78, 5) is 31.1. The van der Waals surface area contributed by atoms with Crippen LogP contribution in [0.25, 0.3) is 0 Å². The van der Waals surface area contributed by atoms with Crippen molar-refractivity contribution in [1.82, 2.24) is 0 Å². The molecule has 0 aromatic rings. The minimum atomic E-state index is -1.04. The van der Waals surface area contributed by atoms with Crippen LogP contribution in [-0.4, -0.2) is 75.4 Å². The number of carbonyl (C=O) groups is 3. The first kappa shape index (κ1) is 64.2. The zero-order valence-corrected chi connectivity index (χ0v) is 44.9. The number of hydrogen-bond donors (Lipinski definition) is 3. The maximum atomic E-state index is 10.8. The Bertz CT molecular complexity index is 715. The third-order valence-corrected chi connectivity index (χ3v) is 18.7. The van der Waals surface area contributed by atoms with Gasteiger partial charge in [-0.1, -0.05) is 105 Å². The molecule has 54 heavy (non-hydrogen) atoms. The summed E-state index contributed by atoms with van der Waals surface area (Å²) in [6.45, 7) is 17.2. The molecule has 0 aliphatic heterocycles. The van der Waals surface area contributed by atoms with Crippen LogP contribution in [0, 0.1) is 0 Å². The molecule has 0 saturated carbocycles. The van der Waals surface area contributed by atoms with Crippen LogP contribution in [0.4, 0.5) is 0 Å². The number of hydrogen-bond acceptors (Lipinski definition) is 9. The molecule has 0 saturated heterocycles. The first-order valence-corrected chi connectivity index (χ1v) is 31.4. The van der Waals surface area contributed by atoms with Crippen molar-refractivity contribution in [2.24, 2.45) is 0 Å². The Balaban J connectivity index is -0.000000192. The Morgan fingerprint density at radius 3 is 0.889 bits per heavy atom. The molecule has 0 bridgehead atoms. The molecule has 320 valence electrons. The monoisotopic (exact) mass is 1040 g/mol. The first-order chi connectivity index (χ1) is 25.7. The van der Waals surface area contributed by atoms with Crippen molar-refractivity contribution in [1.29, 1.82) is 0 Å². The van der Waals surface area contributed by atoms with E-state index in [2.05, 4.69) is 79.4 Å². The third kappa shape index (κ3) is 53.1. The molecule has 0 spiro atoms. The van der Waals surface area contributed by atoms with Gasteiger partial charge in [0.2, 0.25) is 0 Å². The minimum absolute atomic E-state index is 0.0448. The second-order valence-corrected chi connectivity index (χ2v) is 24.9. The van der Waals surface area contributed by atoms with Gasteiger partial charge in [-0.3, -0.25) is 0 Å². The van der Waals surface area contributed by atoms with Crippen LogP contribution in [0.5, 0.6) is 0 Å². The topological polar surface area (TPSA) is 120 Å². The fraction of sp³-hybridized carbons (Fsp3) is 0.930. The molecule has 11 heteroatoms. The molecular formula is C43H87O6S3Sn2+. The van der Waals surface area contributed by atoms with Crippen molar-refractivity contribution < 1.29 is 29.7 Å². The van der Waals surface area contributed by atoms with Gasteiger partial charge in [-0.15, -0.1) is 0 Å². The van der Waals surface area contributed by atoms with E-state index in [0.717, 1.165) is 25.7 Å². The van der Waals surface area contributed by atoms with Gasteiger partial charge in [0, 0.05) is 5.97 Å². The number of rotatable bonds is 32. The Labute approximate surface area is 373 Å². The van der Waals surface area contributed by atoms with Crippen molar-refractivity contribution in [2.75, 3.05) is 5.75 Å². The number of carboxylic acids is 3. The molecular weight excluding hydrogens is 946 g/mol. The minimum Gasteiger partial charge on any atom is -0.550 e. The van der Waals surface area contributed by atoms with E-state index in [9.17, 15) is 29.7 Å². The average molecular weight is 1030 g/mol. The predicted octanol–water partition coefficient (Wildman–Crippen LogP) is 10.4. The molecule has 0 radical (unpaired) electrons. The van der Waals surface area contributed by atoms with Crippen LogP contribution < -0.4 is 15.3 Å². The van der Waals surface area contributed by atoms with E-state index >= 15 is 0 Å². The SMILES string of the molecule is CCCCCCCCC(S)(CC)C(=O)[O-].CCCCCCCCC(S)(CC)C(=O)[O-].CCC[CH2][Sn+2][CH2]CCC.CCC[CH2][Sn+2][CH2]CCC.O=C([O-])CCS. The molecule has 0 aromatic carbocycles. The van der Waals surface area contributed by atoms with E-state index in [1.54, 1.807) is 17.7 Å². The van der Waals surface area contributed by atoms with Crippen molar-refractivity contribution in [3.63, 3.8) is 0 Å². The largest absolute Gasteiger partial charge is 0.550 e. The Hall–Kier alpha value is 1.06. The number of thiol groups is 3. The molecule has 6 nitrogen and oxygen atoms in total. The fourth-order valence-electron chi connectivity index (χ4n) is 4.79. The molecule has 0 amide bonds. The zero-order chi connectivity index (χ0) is 42.4. The normalized spacial score (nSPS) is 12.2. The van der Waals surface area contributed by atoms with Gasteiger partial charge in [-0.25, -0.2) is 0 Å². The Kier molecular flexibility index (Phi) is 61.9. The summed E-state index contributed by atoms with van der Waals surface area (Å²) < 4.78 is 4.68. The van der Waals surface area contributed by atoms with E-state index in [1.165, 1.54) is 103 Å². The van der Waals surface area contributed by atoms with Crippen LogP contribution >= 0.6 is 37.9 Å². The van der Waals surface area contributed by atoms with Gasteiger partial charge in [-0.05, 0) is 37.9 Å². The Morgan fingerprint density at radius 2 is 0.704 bits per heavy atom. The van der Waals surface area contributed by atoms with Crippen molar-refractivity contribution in [3.8, 4) is 0 Å². The maximum Gasteiger partial charge on any atom is 0.0422 e. The van der Waals surface area contributed by atoms with Crippen molar-refractivity contribution in [3.05, 3.63) is 0 Å². The van der Waals surface area contributed by atoms with Crippen LogP contribution in [0.3, 0.4) is 0 Å². The molecule has 0 aliphatic rings.